The van der Waals surface area contributed by atoms with Gasteiger partial charge >= 0.3 is 0 Å². The summed E-state index contributed by atoms with van der Waals surface area (Å²) < 4.78 is 24.5. The van der Waals surface area contributed by atoms with Gasteiger partial charge in [0.15, 0.2) is 0 Å². The van der Waals surface area contributed by atoms with Crippen molar-refractivity contribution in [3.05, 3.63) is 29.3 Å². The lowest BCUT2D eigenvalue weighted by Crippen LogP contribution is -2.45. The fourth-order valence-electron chi connectivity index (χ4n) is 2.39. The number of carbonyl (C=O) groups is 1. The van der Waals surface area contributed by atoms with E-state index in [1.165, 1.54) is 4.31 Å². The Morgan fingerprint density at radius 1 is 1.41 bits per heavy atom. The average Bonchev–Trinajstić information content (AvgIpc) is 2.95. The van der Waals surface area contributed by atoms with Crippen molar-refractivity contribution in [1.82, 2.24) is 9.62 Å². The molecule has 2 rings (SSSR count). The number of hydrogen-bond acceptors (Lipinski definition) is 4. The third kappa shape index (κ3) is 4.87. The Bertz CT molecular complexity index is 619. The summed E-state index contributed by atoms with van der Waals surface area (Å²) in [5, 5.41) is 3.51. The molecule has 1 unspecified atom stereocenters. The number of carbonyl (C=O) groups excluding carboxylic acids is 1. The van der Waals surface area contributed by atoms with E-state index in [9.17, 15) is 13.2 Å². The second-order valence-corrected chi connectivity index (χ2v) is 8.66. The fourth-order valence-corrected chi connectivity index (χ4v) is 4.41. The molecule has 1 saturated heterocycles. The van der Waals surface area contributed by atoms with Crippen LogP contribution in [0.2, 0.25) is 5.02 Å². The summed E-state index contributed by atoms with van der Waals surface area (Å²) in [5.41, 5.74) is 0. The summed E-state index contributed by atoms with van der Waals surface area (Å²) >= 11 is 7.43. The molecule has 0 spiro atoms. The lowest BCUT2D eigenvalue weighted by atomic mass is 10.2. The Morgan fingerprint density at radius 2 is 2.09 bits per heavy atom. The number of nitrogens with one attached hydrogen (secondary N) is 1. The van der Waals surface area contributed by atoms with Gasteiger partial charge in [0.2, 0.25) is 15.9 Å². The Labute approximate surface area is 140 Å². The van der Waals surface area contributed by atoms with Crippen LogP contribution in [0.15, 0.2) is 29.2 Å². The van der Waals surface area contributed by atoms with Crippen molar-refractivity contribution in [2.75, 3.05) is 25.1 Å². The Kier molecular flexibility index (Phi) is 6.14. The Morgan fingerprint density at radius 3 is 2.73 bits per heavy atom. The van der Waals surface area contributed by atoms with Crippen LogP contribution in [0.4, 0.5) is 0 Å². The summed E-state index contributed by atoms with van der Waals surface area (Å²) in [5.74, 6) is 0.513. The van der Waals surface area contributed by atoms with Crippen LogP contribution < -0.4 is 5.32 Å². The van der Waals surface area contributed by atoms with Crippen molar-refractivity contribution in [2.24, 2.45) is 0 Å². The fraction of sp³-hybridized carbons (Fsp3) is 0.500. The maximum Gasteiger partial charge on any atom is 0.238 e. The van der Waals surface area contributed by atoms with Gasteiger partial charge in [0.25, 0.3) is 0 Å². The van der Waals surface area contributed by atoms with Gasteiger partial charge in [-0.15, -0.1) is 11.8 Å². The van der Waals surface area contributed by atoms with Gasteiger partial charge in [-0.05, 0) is 37.1 Å². The number of hydrogen-bond donors (Lipinski definition) is 1. The van der Waals surface area contributed by atoms with Crippen molar-refractivity contribution >= 4 is 39.3 Å². The first-order chi connectivity index (χ1) is 10.4. The standard InChI is InChI=1S/C14H19ClN2O3S2/c1-22(19,20)17-9-2-3-13(17)14(18)16-8-10-21-12-6-4-11(15)5-7-12/h4-7,13H,2-3,8-10H2,1H3,(H,16,18). The van der Waals surface area contributed by atoms with Crippen LogP contribution >= 0.6 is 23.4 Å². The highest BCUT2D eigenvalue weighted by Gasteiger charge is 2.36. The molecule has 0 radical (unpaired) electrons. The van der Waals surface area contributed by atoms with Crippen molar-refractivity contribution in [2.45, 2.75) is 23.8 Å². The lowest BCUT2D eigenvalue weighted by Gasteiger charge is -2.21. The lowest BCUT2D eigenvalue weighted by molar-refractivity contribution is -0.124. The molecule has 0 bridgehead atoms. The van der Waals surface area contributed by atoms with Crippen LogP contribution in [0.25, 0.3) is 0 Å². The first-order valence-corrected chi connectivity index (χ1v) is 10.2. The summed E-state index contributed by atoms with van der Waals surface area (Å²) in [6, 6.07) is 6.94. The molecular weight excluding hydrogens is 344 g/mol. The van der Waals surface area contributed by atoms with E-state index in [0.29, 0.717) is 24.5 Å². The zero-order valence-corrected chi connectivity index (χ0v) is 14.7. The van der Waals surface area contributed by atoms with E-state index in [1.807, 2.05) is 24.3 Å². The topological polar surface area (TPSA) is 66.5 Å². The van der Waals surface area contributed by atoms with Crippen LogP contribution in [0.3, 0.4) is 0 Å². The molecule has 1 aromatic carbocycles. The third-order valence-corrected chi connectivity index (χ3v) is 5.97. The molecule has 22 heavy (non-hydrogen) atoms. The van der Waals surface area contributed by atoms with E-state index in [-0.39, 0.29) is 5.91 Å². The molecule has 0 aliphatic carbocycles. The summed E-state index contributed by atoms with van der Waals surface area (Å²) in [6.45, 7) is 0.927. The van der Waals surface area contributed by atoms with Gasteiger partial charge in [-0.25, -0.2) is 8.42 Å². The number of thioether (sulfide) groups is 1. The first-order valence-electron chi connectivity index (χ1n) is 7.01. The average molecular weight is 363 g/mol. The molecule has 8 heteroatoms. The number of rotatable bonds is 6. The smallest absolute Gasteiger partial charge is 0.238 e. The van der Waals surface area contributed by atoms with Crippen LogP contribution in [-0.2, 0) is 14.8 Å². The van der Waals surface area contributed by atoms with Crippen LogP contribution in [0.1, 0.15) is 12.8 Å². The van der Waals surface area contributed by atoms with E-state index >= 15 is 0 Å². The second kappa shape index (κ2) is 7.68. The van der Waals surface area contributed by atoms with Crippen molar-refractivity contribution in [3.63, 3.8) is 0 Å². The maximum absolute atomic E-state index is 12.1. The molecule has 1 aromatic rings. The van der Waals surface area contributed by atoms with E-state index in [4.69, 9.17) is 11.6 Å². The van der Waals surface area contributed by atoms with E-state index < -0.39 is 16.1 Å². The van der Waals surface area contributed by atoms with Gasteiger partial charge in [-0.1, -0.05) is 11.6 Å². The predicted molar refractivity (Wildman–Crippen MR) is 89.8 cm³/mol. The number of sulfonamides is 1. The van der Waals surface area contributed by atoms with Gasteiger partial charge in [0.05, 0.1) is 6.26 Å². The molecule has 1 aliphatic rings. The SMILES string of the molecule is CS(=O)(=O)N1CCCC1C(=O)NCCSc1ccc(Cl)cc1. The highest BCUT2D eigenvalue weighted by molar-refractivity contribution is 7.99. The van der Waals surface area contributed by atoms with Crippen LogP contribution in [0.5, 0.6) is 0 Å². The minimum absolute atomic E-state index is 0.209. The highest BCUT2D eigenvalue weighted by Crippen LogP contribution is 2.21. The van der Waals surface area contributed by atoms with Gasteiger partial charge in [-0.3, -0.25) is 4.79 Å². The molecule has 0 saturated carbocycles. The minimum atomic E-state index is -3.32. The number of nitrogens with zero attached hydrogens (tertiary/aromatic N) is 1. The van der Waals surface area contributed by atoms with Crippen molar-refractivity contribution in [1.29, 1.82) is 0 Å². The molecule has 5 nitrogen and oxygen atoms in total. The van der Waals surface area contributed by atoms with Gasteiger partial charge in [0, 0.05) is 28.8 Å². The molecule has 1 fully saturated rings. The molecule has 0 aromatic heterocycles. The molecular formula is C14H19ClN2O3S2. The largest absolute Gasteiger partial charge is 0.354 e. The quantitative estimate of drug-likeness (QED) is 0.620. The predicted octanol–water partition coefficient (Wildman–Crippen LogP) is 1.97. The normalized spacial score (nSPS) is 19.3. The molecule has 1 amide bonds. The molecule has 1 aliphatic heterocycles. The molecule has 122 valence electrons. The van der Waals surface area contributed by atoms with E-state index in [1.54, 1.807) is 11.8 Å². The van der Waals surface area contributed by atoms with Gasteiger partial charge in [0.1, 0.15) is 6.04 Å². The minimum Gasteiger partial charge on any atom is -0.354 e. The zero-order chi connectivity index (χ0) is 16.2. The second-order valence-electron chi connectivity index (χ2n) is 5.13. The van der Waals surface area contributed by atoms with Crippen LogP contribution in [-0.4, -0.2) is 49.8 Å². The molecule has 1 N–H and O–H groups in total. The summed E-state index contributed by atoms with van der Waals surface area (Å²) in [7, 11) is -3.32. The van der Waals surface area contributed by atoms with E-state index in [0.717, 1.165) is 23.3 Å². The van der Waals surface area contributed by atoms with Crippen molar-refractivity contribution < 1.29 is 13.2 Å². The third-order valence-electron chi connectivity index (χ3n) is 3.42. The van der Waals surface area contributed by atoms with Crippen molar-refractivity contribution in [3.8, 4) is 0 Å². The van der Waals surface area contributed by atoms with E-state index in [2.05, 4.69) is 5.32 Å². The highest BCUT2D eigenvalue weighted by atomic mass is 35.5. The Balaban J connectivity index is 1.77. The Hall–Kier alpha value is -0.760. The summed E-state index contributed by atoms with van der Waals surface area (Å²) in [4.78, 5) is 13.2. The number of halogens is 1. The zero-order valence-electron chi connectivity index (χ0n) is 12.3. The summed E-state index contributed by atoms with van der Waals surface area (Å²) in [6.07, 6.45) is 2.46. The van der Waals surface area contributed by atoms with Crippen LogP contribution in [0, 0.1) is 0 Å². The number of amides is 1. The first kappa shape index (κ1) is 17.6. The maximum atomic E-state index is 12.1. The van der Waals surface area contributed by atoms with Gasteiger partial charge in [-0.2, -0.15) is 4.31 Å². The number of benzene rings is 1. The molecule has 1 heterocycles. The van der Waals surface area contributed by atoms with Gasteiger partial charge < -0.3 is 5.32 Å². The monoisotopic (exact) mass is 362 g/mol. The molecule has 1 atom stereocenters.